The Hall–Kier alpha value is -0.120. The molecule has 0 saturated heterocycles. The minimum absolute atomic E-state index is 0.00810. The Labute approximate surface area is 55.0 Å². The van der Waals surface area contributed by atoms with Crippen LogP contribution in [0.5, 0.6) is 0 Å². The molecule has 0 aliphatic heterocycles. The van der Waals surface area contributed by atoms with Gasteiger partial charge in [0.2, 0.25) is 0 Å². The number of rotatable bonds is 0. The molecule has 0 heterocycles. The maximum absolute atomic E-state index is 9.14. The third-order valence-electron chi connectivity index (χ3n) is 1.98. The van der Waals surface area contributed by atoms with Crippen LogP contribution in [-0.4, -0.2) is 23.3 Å². The lowest BCUT2D eigenvalue weighted by Gasteiger charge is -2.29. The van der Waals surface area contributed by atoms with E-state index in [4.69, 9.17) is 16.6 Å². The largest absolute Gasteiger partial charge is 0.391 e. The molecule has 1 rings (SSSR count). The molecule has 1 fully saturated rings. The van der Waals surface area contributed by atoms with Crippen molar-refractivity contribution in [2.75, 3.05) is 0 Å². The summed E-state index contributed by atoms with van der Waals surface area (Å²) in [5.41, 5.74) is 11.1. The maximum atomic E-state index is 9.14. The van der Waals surface area contributed by atoms with E-state index in [2.05, 4.69) is 0 Å². The van der Waals surface area contributed by atoms with Gasteiger partial charge in [0.05, 0.1) is 6.10 Å². The molecule has 0 aromatic rings. The van der Waals surface area contributed by atoms with Crippen LogP contribution < -0.4 is 11.5 Å². The molecular weight excluding hydrogens is 116 g/mol. The molecule has 9 heavy (non-hydrogen) atoms. The lowest BCUT2D eigenvalue weighted by Crippen LogP contribution is -2.51. The number of aliphatic hydroxyl groups excluding tert-OH is 1. The average Bonchev–Trinajstić information content (AvgIpc) is 1.83. The Morgan fingerprint density at radius 1 is 1.22 bits per heavy atom. The highest BCUT2D eigenvalue weighted by Gasteiger charge is 2.25. The third kappa shape index (κ3) is 1.41. The second-order valence-corrected chi connectivity index (χ2v) is 2.74. The molecule has 54 valence electrons. The van der Waals surface area contributed by atoms with Gasteiger partial charge in [-0.2, -0.15) is 0 Å². The van der Waals surface area contributed by atoms with Gasteiger partial charge in [-0.15, -0.1) is 0 Å². The molecule has 0 aromatic heterocycles. The topological polar surface area (TPSA) is 72.3 Å². The van der Waals surface area contributed by atoms with E-state index in [1.165, 1.54) is 0 Å². The van der Waals surface area contributed by atoms with E-state index in [1.807, 2.05) is 0 Å². The zero-order valence-electron chi connectivity index (χ0n) is 5.46. The van der Waals surface area contributed by atoms with Crippen LogP contribution >= 0.6 is 0 Å². The smallest absolute Gasteiger partial charge is 0.0706 e. The van der Waals surface area contributed by atoms with Gasteiger partial charge in [0.15, 0.2) is 0 Å². The van der Waals surface area contributed by atoms with Gasteiger partial charge >= 0.3 is 0 Å². The lowest BCUT2D eigenvalue weighted by atomic mass is 9.89. The van der Waals surface area contributed by atoms with Gasteiger partial charge in [0.1, 0.15) is 0 Å². The van der Waals surface area contributed by atoms with E-state index in [0.717, 1.165) is 19.3 Å². The monoisotopic (exact) mass is 130 g/mol. The van der Waals surface area contributed by atoms with Crippen LogP contribution in [0.25, 0.3) is 0 Å². The van der Waals surface area contributed by atoms with Crippen molar-refractivity contribution in [2.45, 2.75) is 37.5 Å². The molecule has 1 saturated carbocycles. The predicted molar refractivity (Wildman–Crippen MR) is 35.8 cm³/mol. The lowest BCUT2D eigenvalue weighted by molar-refractivity contribution is 0.0976. The molecule has 0 radical (unpaired) electrons. The van der Waals surface area contributed by atoms with Crippen molar-refractivity contribution >= 4 is 0 Å². The summed E-state index contributed by atoms with van der Waals surface area (Å²) in [7, 11) is 0. The molecule has 3 heteroatoms. The highest BCUT2D eigenvalue weighted by atomic mass is 16.3. The first kappa shape index (κ1) is 6.99. The Morgan fingerprint density at radius 2 is 1.89 bits per heavy atom. The molecule has 0 aromatic carbocycles. The van der Waals surface area contributed by atoms with Crippen molar-refractivity contribution in [3.63, 3.8) is 0 Å². The van der Waals surface area contributed by atoms with E-state index in [9.17, 15) is 0 Å². The fourth-order valence-electron chi connectivity index (χ4n) is 1.23. The predicted octanol–water partition coefficient (Wildman–Crippen LogP) is -0.814. The average molecular weight is 130 g/mol. The number of nitrogens with two attached hydrogens (primary N) is 2. The SMILES string of the molecule is N[C@H]1[C@@H](N)CCC[C@@H]1O. The zero-order valence-corrected chi connectivity index (χ0v) is 5.46. The minimum Gasteiger partial charge on any atom is -0.391 e. The Bertz CT molecular complexity index is 87.1. The van der Waals surface area contributed by atoms with Gasteiger partial charge in [0, 0.05) is 12.1 Å². The van der Waals surface area contributed by atoms with Gasteiger partial charge in [-0.25, -0.2) is 0 Å². The summed E-state index contributed by atoms with van der Waals surface area (Å²) in [5.74, 6) is 0. The Morgan fingerprint density at radius 3 is 2.33 bits per heavy atom. The van der Waals surface area contributed by atoms with Crippen molar-refractivity contribution in [2.24, 2.45) is 11.5 Å². The van der Waals surface area contributed by atoms with Gasteiger partial charge in [-0.05, 0) is 19.3 Å². The molecule has 3 atom stereocenters. The first-order valence-corrected chi connectivity index (χ1v) is 3.41. The van der Waals surface area contributed by atoms with Crippen molar-refractivity contribution in [1.82, 2.24) is 0 Å². The van der Waals surface area contributed by atoms with Crippen LogP contribution in [0.3, 0.4) is 0 Å². The van der Waals surface area contributed by atoms with E-state index in [0.29, 0.717) is 0 Å². The first-order chi connectivity index (χ1) is 4.22. The summed E-state index contributed by atoms with van der Waals surface area (Å²) in [4.78, 5) is 0. The molecule has 1 aliphatic rings. The Balaban J connectivity index is 2.41. The third-order valence-corrected chi connectivity index (χ3v) is 1.98. The van der Waals surface area contributed by atoms with Crippen LogP contribution in [0.1, 0.15) is 19.3 Å². The van der Waals surface area contributed by atoms with Gasteiger partial charge in [0.25, 0.3) is 0 Å². The molecule has 0 bridgehead atoms. The fraction of sp³-hybridized carbons (Fsp3) is 1.00. The zero-order chi connectivity index (χ0) is 6.85. The van der Waals surface area contributed by atoms with Crippen molar-refractivity contribution < 1.29 is 5.11 Å². The minimum atomic E-state index is -0.367. The molecule has 0 amide bonds. The quantitative estimate of drug-likeness (QED) is 0.401. The van der Waals surface area contributed by atoms with Crippen molar-refractivity contribution in [3.8, 4) is 0 Å². The highest BCUT2D eigenvalue weighted by molar-refractivity contribution is 4.86. The molecule has 5 N–H and O–H groups in total. The first-order valence-electron chi connectivity index (χ1n) is 3.41. The van der Waals surface area contributed by atoms with E-state index in [1.54, 1.807) is 0 Å². The Kier molecular flexibility index (Phi) is 2.05. The van der Waals surface area contributed by atoms with Crippen LogP contribution in [-0.2, 0) is 0 Å². The molecule has 1 aliphatic carbocycles. The standard InChI is InChI=1S/C6H14N2O/c7-4-2-1-3-5(9)6(4)8/h4-6,9H,1-3,7-8H2/t4-,5-,6-/m0/s1. The van der Waals surface area contributed by atoms with Gasteiger partial charge in [-0.1, -0.05) is 0 Å². The number of aliphatic hydroxyl groups is 1. The normalized spacial score (nSPS) is 45.0. The van der Waals surface area contributed by atoms with Gasteiger partial charge < -0.3 is 16.6 Å². The molecule has 3 nitrogen and oxygen atoms in total. The van der Waals surface area contributed by atoms with Crippen LogP contribution in [0.4, 0.5) is 0 Å². The summed E-state index contributed by atoms with van der Waals surface area (Å²) in [5, 5.41) is 9.14. The molecule has 0 unspecified atom stereocenters. The second kappa shape index (κ2) is 2.64. The summed E-state index contributed by atoms with van der Waals surface area (Å²) in [6.07, 6.45) is 2.41. The number of hydrogen-bond donors (Lipinski definition) is 3. The number of hydrogen-bond acceptors (Lipinski definition) is 3. The van der Waals surface area contributed by atoms with Crippen LogP contribution in [0.15, 0.2) is 0 Å². The van der Waals surface area contributed by atoms with Crippen LogP contribution in [0, 0.1) is 0 Å². The molecular formula is C6H14N2O. The van der Waals surface area contributed by atoms with Gasteiger partial charge in [-0.3, -0.25) is 0 Å². The maximum Gasteiger partial charge on any atom is 0.0706 e. The van der Waals surface area contributed by atoms with Crippen molar-refractivity contribution in [3.05, 3.63) is 0 Å². The molecule has 0 spiro atoms. The fourth-order valence-corrected chi connectivity index (χ4v) is 1.23. The van der Waals surface area contributed by atoms with E-state index >= 15 is 0 Å². The highest BCUT2D eigenvalue weighted by Crippen LogP contribution is 2.15. The second-order valence-electron chi connectivity index (χ2n) is 2.74. The van der Waals surface area contributed by atoms with Crippen molar-refractivity contribution in [1.29, 1.82) is 0 Å². The summed E-state index contributed by atoms with van der Waals surface area (Å²) >= 11 is 0. The van der Waals surface area contributed by atoms with E-state index < -0.39 is 0 Å². The van der Waals surface area contributed by atoms with E-state index in [-0.39, 0.29) is 18.2 Å². The summed E-state index contributed by atoms with van der Waals surface area (Å²) in [6, 6.07) is -0.188. The summed E-state index contributed by atoms with van der Waals surface area (Å²) in [6.45, 7) is 0. The van der Waals surface area contributed by atoms with Crippen LogP contribution in [0.2, 0.25) is 0 Å². The summed E-state index contributed by atoms with van der Waals surface area (Å²) < 4.78 is 0.